The van der Waals surface area contributed by atoms with Crippen molar-refractivity contribution in [1.82, 2.24) is 25.0 Å². The fraction of sp³-hybridized carbons (Fsp3) is 0.263. The predicted octanol–water partition coefficient (Wildman–Crippen LogP) is 5.65. The SMILES string of the molecule is CCCCNc1nnc(CSc2nnc(-c3ccco3)n2-c2ccc(Br)cc2)s1. The van der Waals surface area contributed by atoms with Crippen LogP contribution in [0.2, 0.25) is 0 Å². The Balaban J connectivity index is 1.55. The van der Waals surface area contributed by atoms with Crippen LogP contribution < -0.4 is 5.32 Å². The van der Waals surface area contributed by atoms with Gasteiger partial charge in [-0.25, -0.2) is 0 Å². The van der Waals surface area contributed by atoms with Gasteiger partial charge in [-0.1, -0.05) is 52.4 Å². The first-order valence-corrected chi connectivity index (χ1v) is 11.8. The van der Waals surface area contributed by atoms with Crippen LogP contribution in [-0.2, 0) is 5.75 Å². The summed E-state index contributed by atoms with van der Waals surface area (Å²) in [6.45, 7) is 3.09. The van der Waals surface area contributed by atoms with Gasteiger partial charge in [0.2, 0.25) is 11.0 Å². The monoisotopic (exact) mass is 490 g/mol. The van der Waals surface area contributed by atoms with Gasteiger partial charge in [-0.15, -0.1) is 20.4 Å². The number of unbranched alkanes of at least 4 members (excludes halogenated alkanes) is 1. The Morgan fingerprint density at radius 2 is 2.00 bits per heavy atom. The number of furan rings is 1. The molecule has 29 heavy (non-hydrogen) atoms. The summed E-state index contributed by atoms with van der Waals surface area (Å²) in [7, 11) is 0. The molecule has 1 aromatic carbocycles. The van der Waals surface area contributed by atoms with E-state index in [2.05, 4.69) is 48.6 Å². The van der Waals surface area contributed by atoms with Crippen LogP contribution in [0.25, 0.3) is 17.3 Å². The van der Waals surface area contributed by atoms with Gasteiger partial charge in [-0.2, -0.15) is 0 Å². The number of hydrogen-bond donors (Lipinski definition) is 1. The fourth-order valence-corrected chi connectivity index (χ4v) is 4.60. The first-order chi connectivity index (χ1) is 14.2. The standard InChI is InChI=1S/C19H19BrN6OS2/c1-2-3-10-21-18-24-22-16(29-18)12-28-19-25-23-17(15-5-4-11-27-15)26(19)14-8-6-13(20)7-9-14/h4-9,11H,2-3,10,12H2,1H3,(H,21,24). The van der Waals surface area contributed by atoms with Crippen LogP contribution in [0, 0.1) is 0 Å². The molecule has 0 aliphatic rings. The second-order valence-corrected chi connectivity index (χ2v) is 9.09. The van der Waals surface area contributed by atoms with E-state index >= 15 is 0 Å². The highest BCUT2D eigenvalue weighted by atomic mass is 79.9. The van der Waals surface area contributed by atoms with Gasteiger partial charge in [-0.05, 0) is 42.8 Å². The van der Waals surface area contributed by atoms with E-state index in [1.807, 2.05) is 41.0 Å². The molecular formula is C19H19BrN6OS2. The van der Waals surface area contributed by atoms with E-state index in [1.54, 1.807) is 29.4 Å². The molecule has 0 saturated heterocycles. The summed E-state index contributed by atoms with van der Waals surface area (Å²) in [5.41, 5.74) is 0.964. The van der Waals surface area contributed by atoms with Gasteiger partial charge < -0.3 is 9.73 Å². The summed E-state index contributed by atoms with van der Waals surface area (Å²) in [5.74, 6) is 2.00. The number of aromatic nitrogens is 5. The van der Waals surface area contributed by atoms with Crippen LogP contribution in [-0.4, -0.2) is 31.5 Å². The van der Waals surface area contributed by atoms with Gasteiger partial charge in [0.1, 0.15) is 5.01 Å². The molecule has 0 saturated carbocycles. The lowest BCUT2D eigenvalue weighted by atomic mass is 10.3. The van der Waals surface area contributed by atoms with E-state index in [0.717, 1.165) is 44.8 Å². The fourth-order valence-electron chi connectivity index (χ4n) is 2.63. The highest BCUT2D eigenvalue weighted by Gasteiger charge is 2.18. The van der Waals surface area contributed by atoms with Crippen molar-refractivity contribution in [2.75, 3.05) is 11.9 Å². The molecule has 4 rings (SSSR count). The zero-order valence-corrected chi connectivity index (χ0v) is 18.9. The van der Waals surface area contributed by atoms with Crippen LogP contribution in [0.1, 0.15) is 24.8 Å². The van der Waals surface area contributed by atoms with Crippen molar-refractivity contribution in [3.8, 4) is 17.3 Å². The third-order valence-electron chi connectivity index (χ3n) is 4.06. The van der Waals surface area contributed by atoms with Gasteiger partial charge in [0.15, 0.2) is 10.9 Å². The number of nitrogens with zero attached hydrogens (tertiary/aromatic N) is 5. The third kappa shape index (κ3) is 4.88. The average Bonchev–Trinajstić information content (AvgIpc) is 3.48. The largest absolute Gasteiger partial charge is 0.461 e. The van der Waals surface area contributed by atoms with Gasteiger partial charge >= 0.3 is 0 Å². The maximum Gasteiger partial charge on any atom is 0.205 e. The number of halogens is 1. The maximum absolute atomic E-state index is 5.56. The highest BCUT2D eigenvalue weighted by Crippen LogP contribution is 2.31. The van der Waals surface area contributed by atoms with E-state index < -0.39 is 0 Å². The molecule has 1 N–H and O–H groups in total. The van der Waals surface area contributed by atoms with Crippen molar-refractivity contribution in [1.29, 1.82) is 0 Å². The summed E-state index contributed by atoms with van der Waals surface area (Å²) in [6.07, 6.45) is 3.91. The van der Waals surface area contributed by atoms with E-state index in [1.165, 1.54) is 0 Å². The van der Waals surface area contributed by atoms with Crippen LogP contribution in [0.15, 0.2) is 56.7 Å². The van der Waals surface area contributed by atoms with Crippen molar-refractivity contribution in [2.24, 2.45) is 0 Å². The quantitative estimate of drug-likeness (QED) is 0.240. The molecule has 3 heterocycles. The molecule has 0 aliphatic heterocycles. The molecule has 0 radical (unpaired) electrons. The minimum Gasteiger partial charge on any atom is -0.461 e. The molecule has 4 aromatic rings. The Kier molecular flexibility index (Phi) is 6.63. The van der Waals surface area contributed by atoms with Gasteiger partial charge in [0.05, 0.1) is 12.0 Å². The Hall–Kier alpha value is -2.17. The minimum atomic E-state index is 0.666. The first-order valence-electron chi connectivity index (χ1n) is 9.19. The molecule has 0 spiro atoms. The molecule has 10 heteroatoms. The summed E-state index contributed by atoms with van der Waals surface area (Å²) in [4.78, 5) is 0. The smallest absolute Gasteiger partial charge is 0.205 e. The molecule has 7 nitrogen and oxygen atoms in total. The summed E-state index contributed by atoms with van der Waals surface area (Å²) >= 11 is 6.64. The Bertz CT molecular complexity index is 1050. The third-order valence-corrected chi connectivity index (χ3v) is 6.59. The number of benzene rings is 1. The lowest BCUT2D eigenvalue weighted by Crippen LogP contribution is -1.99. The highest BCUT2D eigenvalue weighted by molar-refractivity contribution is 9.10. The number of thioether (sulfide) groups is 1. The lowest BCUT2D eigenvalue weighted by molar-refractivity contribution is 0.575. The molecule has 0 aliphatic carbocycles. The van der Waals surface area contributed by atoms with Crippen molar-refractivity contribution in [2.45, 2.75) is 30.7 Å². The predicted molar refractivity (Wildman–Crippen MR) is 120 cm³/mol. The molecule has 150 valence electrons. The molecule has 0 bridgehead atoms. The summed E-state index contributed by atoms with van der Waals surface area (Å²) in [6, 6.07) is 11.8. The molecule has 0 amide bonds. The van der Waals surface area contributed by atoms with Crippen molar-refractivity contribution < 1.29 is 4.42 Å². The average molecular weight is 491 g/mol. The van der Waals surface area contributed by atoms with E-state index in [-0.39, 0.29) is 0 Å². The van der Waals surface area contributed by atoms with Crippen LogP contribution in [0.4, 0.5) is 5.13 Å². The second-order valence-electron chi connectivity index (χ2n) is 6.17. The Labute approximate surface area is 185 Å². The normalized spacial score (nSPS) is 11.1. The lowest BCUT2D eigenvalue weighted by Gasteiger charge is -2.08. The van der Waals surface area contributed by atoms with E-state index in [0.29, 0.717) is 17.3 Å². The zero-order valence-electron chi connectivity index (χ0n) is 15.7. The Morgan fingerprint density at radius 1 is 1.14 bits per heavy atom. The van der Waals surface area contributed by atoms with Crippen LogP contribution in [0.5, 0.6) is 0 Å². The zero-order chi connectivity index (χ0) is 20.1. The molecular weight excluding hydrogens is 472 g/mol. The van der Waals surface area contributed by atoms with Crippen LogP contribution >= 0.6 is 39.0 Å². The van der Waals surface area contributed by atoms with Gasteiger partial charge in [-0.3, -0.25) is 4.57 Å². The first kappa shape index (κ1) is 20.1. The molecule has 0 unspecified atom stereocenters. The van der Waals surface area contributed by atoms with Gasteiger partial charge in [0, 0.05) is 16.7 Å². The Morgan fingerprint density at radius 3 is 2.76 bits per heavy atom. The minimum absolute atomic E-state index is 0.666. The van der Waals surface area contributed by atoms with Crippen molar-refractivity contribution in [3.05, 3.63) is 52.1 Å². The summed E-state index contributed by atoms with van der Waals surface area (Å²) < 4.78 is 8.57. The van der Waals surface area contributed by atoms with E-state index in [9.17, 15) is 0 Å². The van der Waals surface area contributed by atoms with Gasteiger partial charge in [0.25, 0.3) is 0 Å². The maximum atomic E-state index is 5.56. The number of anilines is 1. The topological polar surface area (TPSA) is 81.7 Å². The molecule has 0 atom stereocenters. The number of hydrogen-bond acceptors (Lipinski definition) is 8. The van der Waals surface area contributed by atoms with E-state index in [4.69, 9.17) is 4.42 Å². The van der Waals surface area contributed by atoms with Crippen molar-refractivity contribution in [3.63, 3.8) is 0 Å². The molecule has 3 aromatic heterocycles. The molecule has 0 fully saturated rings. The summed E-state index contributed by atoms with van der Waals surface area (Å²) in [5, 5.41) is 23.2. The number of nitrogens with one attached hydrogen (secondary N) is 1. The van der Waals surface area contributed by atoms with Crippen molar-refractivity contribution >= 4 is 44.2 Å². The second kappa shape index (κ2) is 9.55. The van der Waals surface area contributed by atoms with Crippen LogP contribution in [0.3, 0.4) is 0 Å². The number of rotatable bonds is 9.